The van der Waals surface area contributed by atoms with Gasteiger partial charge in [0.1, 0.15) is 0 Å². The molecule has 2 heterocycles. The molecule has 1 amide bonds. The summed E-state index contributed by atoms with van der Waals surface area (Å²) in [6.07, 6.45) is 3.67. The second-order valence-electron chi connectivity index (χ2n) is 7.38. The lowest BCUT2D eigenvalue weighted by atomic mass is 9.74. The second-order valence-corrected chi connectivity index (χ2v) is 7.38. The maximum atomic E-state index is 13.2. The van der Waals surface area contributed by atoms with Gasteiger partial charge >= 0.3 is 0 Å². The predicted molar refractivity (Wildman–Crippen MR) is 91.2 cm³/mol. The topological polar surface area (TPSA) is 38.1 Å². The maximum Gasteiger partial charge on any atom is 0.275 e. The van der Waals surface area contributed by atoms with Gasteiger partial charge in [-0.1, -0.05) is 38.5 Å². The first-order valence-electron chi connectivity index (χ1n) is 8.82. The maximum absolute atomic E-state index is 13.2. The molecule has 1 aliphatic carbocycles. The third-order valence-electron chi connectivity index (χ3n) is 6.19. The van der Waals surface area contributed by atoms with E-state index in [-0.39, 0.29) is 5.91 Å². The van der Waals surface area contributed by atoms with E-state index in [2.05, 4.69) is 23.8 Å². The number of rotatable bonds is 2. The second kappa shape index (κ2) is 5.36. The summed E-state index contributed by atoms with van der Waals surface area (Å²) in [6.45, 7) is 5.51. The van der Waals surface area contributed by atoms with Crippen LogP contribution in [0.25, 0.3) is 10.9 Å². The number of carbonyl (C=O) groups is 1. The van der Waals surface area contributed by atoms with Crippen LogP contribution in [0.3, 0.4) is 0 Å². The number of para-hydroxylation sites is 1. The summed E-state index contributed by atoms with van der Waals surface area (Å²) >= 11 is 0. The average molecular weight is 311 g/mol. The van der Waals surface area contributed by atoms with Crippen LogP contribution in [0, 0.1) is 17.8 Å². The summed E-state index contributed by atoms with van der Waals surface area (Å²) in [5.74, 6) is 2.19. The molecule has 0 radical (unpaired) electrons. The smallest absolute Gasteiger partial charge is 0.275 e. The van der Waals surface area contributed by atoms with Crippen LogP contribution < -0.4 is 0 Å². The van der Waals surface area contributed by atoms with Gasteiger partial charge in [0, 0.05) is 25.0 Å². The first kappa shape index (κ1) is 14.7. The number of aryl methyl sites for hydroxylation is 1. The number of carbonyl (C=O) groups excluding carboxylic acids is 1. The number of benzene rings is 1. The molecule has 4 heteroatoms. The number of amides is 1. The third-order valence-corrected chi connectivity index (χ3v) is 6.19. The van der Waals surface area contributed by atoms with Crippen molar-refractivity contribution in [2.45, 2.75) is 39.2 Å². The van der Waals surface area contributed by atoms with Crippen molar-refractivity contribution < 1.29 is 4.79 Å². The zero-order chi connectivity index (χ0) is 16.1. The number of likely N-dealkylation sites (tertiary alicyclic amines) is 1. The molecule has 0 N–H and O–H groups in total. The van der Waals surface area contributed by atoms with Gasteiger partial charge in [-0.2, -0.15) is 5.10 Å². The van der Waals surface area contributed by atoms with Crippen LogP contribution in [0.4, 0.5) is 0 Å². The lowest BCUT2D eigenvalue weighted by Gasteiger charge is -2.33. The Balaban J connectivity index is 1.69. The van der Waals surface area contributed by atoms with Crippen molar-refractivity contribution in [1.82, 2.24) is 14.7 Å². The highest BCUT2D eigenvalue weighted by molar-refractivity contribution is 6.05. The van der Waals surface area contributed by atoms with E-state index in [1.165, 1.54) is 12.8 Å². The van der Waals surface area contributed by atoms with Crippen LogP contribution >= 0.6 is 0 Å². The minimum Gasteiger partial charge on any atom is -0.334 e. The average Bonchev–Trinajstić information content (AvgIpc) is 2.97. The van der Waals surface area contributed by atoms with E-state index in [1.807, 2.05) is 36.0 Å². The van der Waals surface area contributed by atoms with Gasteiger partial charge in [-0.3, -0.25) is 9.48 Å². The van der Waals surface area contributed by atoms with Crippen LogP contribution in [0.15, 0.2) is 24.3 Å². The summed E-state index contributed by atoms with van der Waals surface area (Å²) in [5, 5.41) is 5.51. The van der Waals surface area contributed by atoms with Crippen molar-refractivity contribution in [3.63, 3.8) is 0 Å². The van der Waals surface area contributed by atoms with Gasteiger partial charge < -0.3 is 4.90 Å². The molecular formula is C19H25N3O. The van der Waals surface area contributed by atoms with Crippen molar-refractivity contribution in [3.8, 4) is 0 Å². The molecule has 1 aromatic carbocycles. The highest BCUT2D eigenvalue weighted by Gasteiger charge is 2.46. The summed E-state index contributed by atoms with van der Waals surface area (Å²) in [4.78, 5) is 15.3. The predicted octanol–water partition coefficient (Wildman–Crippen LogP) is 3.47. The van der Waals surface area contributed by atoms with Crippen molar-refractivity contribution in [2.75, 3.05) is 6.54 Å². The number of fused-ring (bicyclic) bond motifs is 3. The SMILES string of the molecule is CC[C@@H]1C[C@H]2CN(C(=O)c3nn(C)c4ccccc34)[C@@H](C1)C2C. The van der Waals surface area contributed by atoms with Gasteiger partial charge in [0.15, 0.2) is 5.69 Å². The summed E-state index contributed by atoms with van der Waals surface area (Å²) in [6, 6.07) is 8.41. The zero-order valence-electron chi connectivity index (χ0n) is 14.2. The van der Waals surface area contributed by atoms with Gasteiger partial charge in [-0.25, -0.2) is 0 Å². The monoisotopic (exact) mass is 311 g/mol. The Morgan fingerprint density at radius 1 is 1.30 bits per heavy atom. The first-order chi connectivity index (χ1) is 11.1. The Morgan fingerprint density at radius 3 is 2.87 bits per heavy atom. The summed E-state index contributed by atoms with van der Waals surface area (Å²) < 4.78 is 1.82. The standard InChI is InChI=1S/C19H25N3O/c1-4-13-9-14-11-22(17(10-13)12(14)2)19(23)18-15-7-5-6-8-16(15)21(3)20-18/h5-8,12-14,17H,4,9-11H2,1-3H3/t12?,13-,14+,17+/m1/s1. The molecule has 2 fully saturated rings. The Hall–Kier alpha value is -1.84. The van der Waals surface area contributed by atoms with Gasteiger partial charge in [0.25, 0.3) is 5.91 Å². The third kappa shape index (κ3) is 2.19. The molecule has 1 saturated carbocycles. The highest BCUT2D eigenvalue weighted by Crippen LogP contribution is 2.44. The molecule has 1 saturated heterocycles. The van der Waals surface area contributed by atoms with Gasteiger partial charge in [0.2, 0.25) is 0 Å². The molecule has 0 spiro atoms. The van der Waals surface area contributed by atoms with Crippen LogP contribution in [-0.4, -0.2) is 33.2 Å². The quantitative estimate of drug-likeness (QED) is 0.852. The minimum atomic E-state index is 0.123. The number of hydrogen-bond acceptors (Lipinski definition) is 2. The summed E-state index contributed by atoms with van der Waals surface area (Å²) in [7, 11) is 1.91. The molecule has 23 heavy (non-hydrogen) atoms. The molecule has 2 aliphatic rings. The first-order valence-corrected chi connectivity index (χ1v) is 8.82. The van der Waals surface area contributed by atoms with Crippen LogP contribution in [0.1, 0.15) is 43.6 Å². The minimum absolute atomic E-state index is 0.123. The summed E-state index contributed by atoms with van der Waals surface area (Å²) in [5.41, 5.74) is 1.65. The zero-order valence-corrected chi connectivity index (χ0v) is 14.2. The van der Waals surface area contributed by atoms with E-state index in [4.69, 9.17) is 0 Å². The number of nitrogens with zero attached hydrogens (tertiary/aromatic N) is 3. The number of hydrogen-bond donors (Lipinski definition) is 0. The van der Waals surface area contributed by atoms with E-state index in [1.54, 1.807) is 0 Å². The Labute approximate surface area is 137 Å². The van der Waals surface area contributed by atoms with Gasteiger partial charge in [-0.15, -0.1) is 0 Å². The highest BCUT2D eigenvalue weighted by atomic mass is 16.2. The van der Waals surface area contributed by atoms with E-state index in [0.29, 0.717) is 23.6 Å². The van der Waals surface area contributed by atoms with E-state index in [9.17, 15) is 4.79 Å². The fourth-order valence-corrected chi connectivity index (χ4v) is 4.72. The Bertz CT molecular complexity index is 750. The van der Waals surface area contributed by atoms with Gasteiger partial charge in [-0.05, 0) is 36.7 Å². The van der Waals surface area contributed by atoms with Crippen molar-refractivity contribution in [3.05, 3.63) is 30.0 Å². The van der Waals surface area contributed by atoms with E-state index < -0.39 is 0 Å². The molecule has 4 atom stereocenters. The largest absolute Gasteiger partial charge is 0.334 e. The van der Waals surface area contributed by atoms with E-state index in [0.717, 1.165) is 29.8 Å². The van der Waals surface area contributed by atoms with Crippen molar-refractivity contribution >= 4 is 16.8 Å². The molecule has 4 rings (SSSR count). The van der Waals surface area contributed by atoms with E-state index >= 15 is 0 Å². The molecule has 4 nitrogen and oxygen atoms in total. The lowest BCUT2D eigenvalue weighted by molar-refractivity contribution is 0.0693. The lowest BCUT2D eigenvalue weighted by Crippen LogP contribution is -2.39. The Morgan fingerprint density at radius 2 is 2.09 bits per heavy atom. The van der Waals surface area contributed by atoms with Crippen LogP contribution in [-0.2, 0) is 7.05 Å². The van der Waals surface area contributed by atoms with Crippen LogP contribution in [0.5, 0.6) is 0 Å². The molecular weight excluding hydrogens is 286 g/mol. The van der Waals surface area contributed by atoms with Crippen LogP contribution in [0.2, 0.25) is 0 Å². The van der Waals surface area contributed by atoms with Crippen molar-refractivity contribution in [1.29, 1.82) is 0 Å². The molecule has 2 aromatic rings. The fourth-order valence-electron chi connectivity index (χ4n) is 4.72. The number of aromatic nitrogens is 2. The molecule has 2 bridgehead atoms. The fraction of sp³-hybridized carbons (Fsp3) is 0.579. The van der Waals surface area contributed by atoms with Gasteiger partial charge in [0.05, 0.1) is 5.52 Å². The van der Waals surface area contributed by atoms with Crippen molar-refractivity contribution in [2.24, 2.45) is 24.8 Å². The Kier molecular flexibility index (Phi) is 3.43. The normalized spacial score (nSPS) is 30.1. The molecule has 1 aromatic heterocycles. The molecule has 1 unspecified atom stereocenters. The molecule has 122 valence electrons. The molecule has 1 aliphatic heterocycles.